The number of nitrogens with one attached hydrogen (secondary N) is 1. The summed E-state index contributed by atoms with van der Waals surface area (Å²) in [5, 5.41) is 2.86. The van der Waals surface area contributed by atoms with Crippen LogP contribution in [-0.4, -0.2) is 19.8 Å². The SMILES string of the molecule is Nc1c(F)cc(F)cc1NCCOCC1CC1. The van der Waals surface area contributed by atoms with Crippen molar-refractivity contribution in [2.75, 3.05) is 30.8 Å². The first-order chi connectivity index (χ1) is 8.16. The molecule has 3 nitrogen and oxygen atoms in total. The van der Waals surface area contributed by atoms with E-state index in [0.29, 0.717) is 19.1 Å². The Labute approximate surface area is 98.9 Å². The van der Waals surface area contributed by atoms with Crippen LogP contribution in [0.4, 0.5) is 20.2 Å². The molecule has 0 unspecified atom stereocenters. The highest BCUT2D eigenvalue weighted by atomic mass is 19.1. The third kappa shape index (κ3) is 3.56. The summed E-state index contributed by atoms with van der Waals surface area (Å²) in [6, 6.07) is 1.95. The molecule has 2 rings (SSSR count). The second kappa shape index (κ2) is 5.31. The average Bonchev–Trinajstić information content (AvgIpc) is 3.08. The highest BCUT2D eigenvalue weighted by molar-refractivity contribution is 5.66. The second-order valence-electron chi connectivity index (χ2n) is 4.29. The predicted octanol–water partition coefficient (Wildman–Crippen LogP) is 2.39. The van der Waals surface area contributed by atoms with Gasteiger partial charge in [-0.3, -0.25) is 0 Å². The fraction of sp³-hybridized carbons (Fsp3) is 0.500. The minimum absolute atomic E-state index is 0.0615. The van der Waals surface area contributed by atoms with Gasteiger partial charge >= 0.3 is 0 Å². The summed E-state index contributed by atoms with van der Waals surface area (Å²) < 4.78 is 31.4. The molecule has 0 spiro atoms. The molecular weight excluding hydrogens is 226 g/mol. The van der Waals surface area contributed by atoms with Gasteiger partial charge in [-0.1, -0.05) is 0 Å². The van der Waals surface area contributed by atoms with Gasteiger partial charge in [-0.15, -0.1) is 0 Å². The Kier molecular flexibility index (Phi) is 3.78. The van der Waals surface area contributed by atoms with Crippen molar-refractivity contribution in [3.63, 3.8) is 0 Å². The normalized spacial score (nSPS) is 14.9. The fourth-order valence-electron chi connectivity index (χ4n) is 1.52. The number of hydrogen-bond donors (Lipinski definition) is 2. The summed E-state index contributed by atoms with van der Waals surface area (Å²) in [4.78, 5) is 0. The van der Waals surface area contributed by atoms with Gasteiger partial charge in [0.15, 0.2) is 5.82 Å². The van der Waals surface area contributed by atoms with Crippen LogP contribution < -0.4 is 11.1 Å². The number of nitrogen functional groups attached to an aromatic ring is 1. The molecule has 1 saturated carbocycles. The van der Waals surface area contributed by atoms with E-state index in [2.05, 4.69) is 5.32 Å². The van der Waals surface area contributed by atoms with Crippen LogP contribution in [-0.2, 0) is 4.74 Å². The Balaban J connectivity index is 1.77. The van der Waals surface area contributed by atoms with E-state index in [1.807, 2.05) is 0 Å². The maximum Gasteiger partial charge on any atom is 0.151 e. The van der Waals surface area contributed by atoms with Gasteiger partial charge < -0.3 is 15.8 Å². The van der Waals surface area contributed by atoms with E-state index in [1.54, 1.807) is 0 Å². The quantitative estimate of drug-likeness (QED) is 0.594. The van der Waals surface area contributed by atoms with Crippen LogP contribution in [0.5, 0.6) is 0 Å². The molecule has 0 aliphatic heterocycles. The lowest BCUT2D eigenvalue weighted by Crippen LogP contribution is -2.12. The van der Waals surface area contributed by atoms with E-state index in [9.17, 15) is 8.78 Å². The number of benzene rings is 1. The number of hydrogen-bond acceptors (Lipinski definition) is 3. The first kappa shape index (κ1) is 12.1. The molecule has 94 valence electrons. The molecule has 1 fully saturated rings. The Bertz CT molecular complexity index is 394. The number of rotatable bonds is 6. The molecule has 5 heteroatoms. The van der Waals surface area contributed by atoms with Crippen molar-refractivity contribution in [3.05, 3.63) is 23.8 Å². The fourth-order valence-corrected chi connectivity index (χ4v) is 1.52. The Morgan fingerprint density at radius 2 is 2.12 bits per heavy atom. The smallest absolute Gasteiger partial charge is 0.151 e. The molecule has 1 aromatic rings. The third-order valence-corrected chi connectivity index (χ3v) is 2.71. The first-order valence-corrected chi connectivity index (χ1v) is 5.73. The largest absolute Gasteiger partial charge is 0.395 e. The number of anilines is 2. The average molecular weight is 242 g/mol. The number of nitrogens with two attached hydrogens (primary N) is 1. The van der Waals surface area contributed by atoms with Crippen LogP contribution in [0.3, 0.4) is 0 Å². The molecule has 1 aliphatic carbocycles. The molecule has 0 heterocycles. The molecule has 1 aliphatic rings. The van der Waals surface area contributed by atoms with Crippen molar-refractivity contribution < 1.29 is 13.5 Å². The summed E-state index contributed by atoms with van der Waals surface area (Å²) in [6.07, 6.45) is 2.49. The highest BCUT2D eigenvalue weighted by Gasteiger charge is 2.20. The zero-order chi connectivity index (χ0) is 12.3. The summed E-state index contributed by atoms with van der Waals surface area (Å²) in [6.45, 7) is 1.77. The van der Waals surface area contributed by atoms with Gasteiger partial charge in [-0.2, -0.15) is 0 Å². The minimum atomic E-state index is -0.744. The topological polar surface area (TPSA) is 47.3 Å². The molecule has 0 bridgehead atoms. The van der Waals surface area contributed by atoms with Crippen molar-refractivity contribution in [2.45, 2.75) is 12.8 Å². The number of ether oxygens (including phenoxy) is 1. The zero-order valence-corrected chi connectivity index (χ0v) is 9.51. The van der Waals surface area contributed by atoms with E-state index < -0.39 is 11.6 Å². The van der Waals surface area contributed by atoms with Gasteiger partial charge in [-0.25, -0.2) is 8.78 Å². The van der Waals surface area contributed by atoms with Gasteiger partial charge in [0.1, 0.15) is 5.82 Å². The van der Waals surface area contributed by atoms with E-state index >= 15 is 0 Å². The second-order valence-corrected chi connectivity index (χ2v) is 4.29. The van der Waals surface area contributed by atoms with E-state index in [0.717, 1.165) is 12.7 Å². The van der Waals surface area contributed by atoms with Crippen molar-refractivity contribution in [1.29, 1.82) is 0 Å². The molecule has 0 atom stereocenters. The van der Waals surface area contributed by atoms with Gasteiger partial charge in [0.2, 0.25) is 0 Å². The summed E-state index contributed by atoms with van der Waals surface area (Å²) in [5.41, 5.74) is 5.69. The van der Waals surface area contributed by atoms with Crippen molar-refractivity contribution in [2.24, 2.45) is 5.92 Å². The molecular formula is C12H16F2N2O. The van der Waals surface area contributed by atoms with Crippen LogP contribution in [0.25, 0.3) is 0 Å². The Morgan fingerprint density at radius 1 is 1.35 bits per heavy atom. The lowest BCUT2D eigenvalue weighted by atomic mass is 10.2. The first-order valence-electron chi connectivity index (χ1n) is 5.73. The van der Waals surface area contributed by atoms with Crippen molar-refractivity contribution in [3.8, 4) is 0 Å². The molecule has 0 saturated heterocycles. The molecule has 1 aromatic carbocycles. The Hall–Kier alpha value is -1.36. The van der Waals surface area contributed by atoms with E-state index in [-0.39, 0.29) is 11.4 Å². The minimum Gasteiger partial charge on any atom is -0.395 e. The predicted molar refractivity (Wildman–Crippen MR) is 62.8 cm³/mol. The Morgan fingerprint density at radius 3 is 2.82 bits per heavy atom. The molecule has 0 radical (unpaired) electrons. The van der Waals surface area contributed by atoms with Crippen LogP contribution in [0.15, 0.2) is 12.1 Å². The van der Waals surface area contributed by atoms with E-state index in [1.165, 1.54) is 18.9 Å². The summed E-state index contributed by atoms with van der Waals surface area (Å²) >= 11 is 0. The molecule has 3 N–H and O–H groups in total. The van der Waals surface area contributed by atoms with Gasteiger partial charge in [0.05, 0.1) is 18.0 Å². The van der Waals surface area contributed by atoms with Gasteiger partial charge in [0.25, 0.3) is 0 Å². The summed E-state index contributed by atoms with van der Waals surface area (Å²) in [5.74, 6) is -0.670. The van der Waals surface area contributed by atoms with E-state index in [4.69, 9.17) is 10.5 Å². The van der Waals surface area contributed by atoms with Crippen LogP contribution in [0.1, 0.15) is 12.8 Å². The van der Waals surface area contributed by atoms with Gasteiger partial charge in [0, 0.05) is 19.2 Å². The van der Waals surface area contributed by atoms with Crippen molar-refractivity contribution in [1.82, 2.24) is 0 Å². The van der Waals surface area contributed by atoms with Gasteiger partial charge in [-0.05, 0) is 24.8 Å². The van der Waals surface area contributed by atoms with Crippen LogP contribution in [0, 0.1) is 17.6 Å². The highest BCUT2D eigenvalue weighted by Crippen LogP contribution is 2.28. The maximum absolute atomic E-state index is 13.1. The molecule has 17 heavy (non-hydrogen) atoms. The van der Waals surface area contributed by atoms with Crippen LogP contribution >= 0.6 is 0 Å². The zero-order valence-electron chi connectivity index (χ0n) is 9.51. The third-order valence-electron chi connectivity index (χ3n) is 2.71. The molecule has 0 amide bonds. The maximum atomic E-state index is 13.1. The monoisotopic (exact) mass is 242 g/mol. The number of halogens is 2. The van der Waals surface area contributed by atoms with Crippen molar-refractivity contribution >= 4 is 11.4 Å². The lowest BCUT2D eigenvalue weighted by molar-refractivity contribution is 0.134. The standard InChI is InChI=1S/C12H16F2N2O/c13-9-5-10(14)12(15)11(6-9)16-3-4-17-7-8-1-2-8/h5-6,8,16H,1-4,7,15H2. The lowest BCUT2D eigenvalue weighted by Gasteiger charge is -2.10. The molecule has 0 aromatic heterocycles. The van der Waals surface area contributed by atoms with Crippen LogP contribution in [0.2, 0.25) is 0 Å². The summed E-state index contributed by atoms with van der Waals surface area (Å²) in [7, 11) is 0.